The summed E-state index contributed by atoms with van der Waals surface area (Å²) in [5.74, 6) is 0.983. The van der Waals surface area contributed by atoms with Crippen LogP contribution in [0.15, 0.2) is 24.3 Å². The monoisotopic (exact) mass is 201 g/mol. The van der Waals surface area contributed by atoms with Gasteiger partial charge in [-0.2, -0.15) is 0 Å². The molecule has 5 heteroatoms. The number of methoxy groups -OCH3 is 1. The van der Waals surface area contributed by atoms with Gasteiger partial charge in [-0.1, -0.05) is 0 Å². The second-order valence-corrected chi connectivity index (χ2v) is 2.31. The molecule has 0 aromatic heterocycles. The van der Waals surface area contributed by atoms with Crippen LogP contribution in [-0.2, 0) is 0 Å². The number of ether oxygens (including phenoxy) is 1. The molecule has 1 aromatic carbocycles. The van der Waals surface area contributed by atoms with E-state index in [2.05, 4.69) is 4.99 Å². The van der Waals surface area contributed by atoms with Crippen molar-refractivity contribution in [1.82, 2.24) is 0 Å². The van der Waals surface area contributed by atoms with Gasteiger partial charge in [0.15, 0.2) is 0 Å². The third kappa shape index (κ3) is 3.66. The van der Waals surface area contributed by atoms with Gasteiger partial charge in [-0.3, -0.25) is 11.5 Å². The van der Waals surface area contributed by atoms with Crippen LogP contribution in [0.25, 0.3) is 0 Å². The number of rotatable bonds is 2. The first kappa shape index (κ1) is 11.6. The maximum atomic E-state index is 5.25. The maximum absolute atomic E-state index is 5.25. The average molecular weight is 202 g/mol. The van der Waals surface area contributed by atoms with E-state index in [0.717, 1.165) is 11.4 Å². The van der Waals surface area contributed by atoms with E-state index in [1.807, 2.05) is 24.3 Å². The molecule has 0 aliphatic heterocycles. The molecule has 5 N–H and O–H groups in total. The molecule has 0 radical (unpaired) electrons. The number of nitrogens with one attached hydrogen (secondary N) is 1. The Labute approximate surface area is 83.0 Å². The van der Waals surface area contributed by atoms with Crippen molar-refractivity contribution in [2.75, 3.05) is 7.11 Å². The van der Waals surface area contributed by atoms with Crippen LogP contribution in [0.3, 0.4) is 0 Å². The zero-order valence-corrected chi connectivity index (χ0v) is 8.01. The van der Waals surface area contributed by atoms with Crippen LogP contribution in [-0.4, -0.2) is 13.1 Å². The van der Waals surface area contributed by atoms with Crippen molar-refractivity contribution >= 4 is 11.6 Å². The molecule has 0 atom stereocenters. The molecule has 0 spiro atoms. The van der Waals surface area contributed by atoms with E-state index in [-0.39, 0.29) is 18.4 Å². The number of halogens is 1. The average Bonchev–Trinajstić information content (AvgIpc) is 2.05. The van der Waals surface area contributed by atoms with Gasteiger partial charge < -0.3 is 17.1 Å². The number of benzene rings is 1. The van der Waals surface area contributed by atoms with Gasteiger partial charge in [0, 0.05) is 0 Å². The first-order valence-corrected chi connectivity index (χ1v) is 3.51. The van der Waals surface area contributed by atoms with Gasteiger partial charge in [0.2, 0.25) is 0 Å². The highest BCUT2D eigenvalue weighted by Crippen LogP contribution is 2.10. The molecule has 0 saturated heterocycles. The van der Waals surface area contributed by atoms with Gasteiger partial charge in [-0.15, -0.1) is 0 Å². The van der Waals surface area contributed by atoms with Crippen molar-refractivity contribution in [2.24, 2.45) is 11.5 Å². The molecule has 72 valence electrons. The lowest BCUT2D eigenvalue weighted by molar-refractivity contribution is -0.356. The Morgan fingerprint density at radius 1 is 1.23 bits per heavy atom. The van der Waals surface area contributed by atoms with E-state index in [0.29, 0.717) is 0 Å². The molecule has 13 heavy (non-hydrogen) atoms. The third-order valence-corrected chi connectivity index (χ3v) is 1.38. The standard InChI is InChI=1S/C8H11N3O.ClH/c1-12-7-4-2-6(3-5-7)11-8(9)10;/h2-5H,1H3,(H4,9,10,11);1H. The number of nitrogens with two attached hydrogens (primary N) is 2. The highest BCUT2D eigenvalue weighted by atomic mass is 35.5. The molecule has 0 heterocycles. The van der Waals surface area contributed by atoms with Crippen molar-refractivity contribution in [3.05, 3.63) is 24.3 Å². The van der Waals surface area contributed by atoms with Crippen molar-refractivity contribution < 1.29 is 22.1 Å². The zero-order valence-electron chi connectivity index (χ0n) is 7.25. The molecule has 0 bridgehead atoms. The summed E-state index contributed by atoms with van der Waals surface area (Å²) in [5, 5.41) is 0. The molecule has 0 aliphatic rings. The van der Waals surface area contributed by atoms with Crippen molar-refractivity contribution in [1.29, 1.82) is 0 Å². The smallest absolute Gasteiger partial charge is 0.343 e. The van der Waals surface area contributed by atoms with E-state index >= 15 is 0 Å². The molecular formula is C8H12ClN3O. The van der Waals surface area contributed by atoms with E-state index in [9.17, 15) is 0 Å². The molecule has 1 rings (SSSR count). The lowest BCUT2D eigenvalue weighted by Gasteiger charge is -1.97. The summed E-state index contributed by atoms with van der Waals surface area (Å²) in [4.78, 5) is 2.77. The van der Waals surface area contributed by atoms with Crippen molar-refractivity contribution in [3.63, 3.8) is 0 Å². The van der Waals surface area contributed by atoms with E-state index < -0.39 is 0 Å². The first-order valence-electron chi connectivity index (χ1n) is 3.51. The Hall–Kier alpha value is -1.42. The fraction of sp³-hybridized carbons (Fsp3) is 0.125. The Kier molecular flexibility index (Phi) is 4.69. The summed E-state index contributed by atoms with van der Waals surface area (Å²) in [7, 11) is 1.62. The van der Waals surface area contributed by atoms with Crippen LogP contribution in [0.5, 0.6) is 5.75 Å². The van der Waals surface area contributed by atoms with Crippen LogP contribution in [0.2, 0.25) is 0 Å². The van der Waals surface area contributed by atoms with Crippen molar-refractivity contribution in [3.8, 4) is 5.75 Å². The molecule has 4 nitrogen and oxygen atoms in total. The second-order valence-electron chi connectivity index (χ2n) is 2.31. The Balaban J connectivity index is 0.00000144. The van der Waals surface area contributed by atoms with Crippen LogP contribution in [0.1, 0.15) is 0 Å². The molecular weight excluding hydrogens is 190 g/mol. The summed E-state index contributed by atoms with van der Waals surface area (Å²) in [6.07, 6.45) is 0. The maximum Gasteiger partial charge on any atom is 0.343 e. The number of hydrogen-bond acceptors (Lipinski definition) is 1. The SMILES string of the molecule is COc1ccc([NH+]=C(N)N)cc1.[Cl-]. The highest BCUT2D eigenvalue weighted by molar-refractivity contribution is 5.70. The van der Waals surface area contributed by atoms with E-state index in [1.165, 1.54) is 0 Å². The first-order chi connectivity index (χ1) is 5.72. The normalized spacial score (nSPS) is 8.38. The number of guanidine groups is 1. The molecule has 0 amide bonds. The molecule has 1 aromatic rings. The predicted octanol–water partition coefficient (Wildman–Crippen LogP) is -4.32. The van der Waals surface area contributed by atoms with Gasteiger partial charge in [0.25, 0.3) is 0 Å². The van der Waals surface area contributed by atoms with Crippen LogP contribution in [0.4, 0.5) is 5.69 Å². The van der Waals surface area contributed by atoms with Crippen LogP contribution in [0, 0.1) is 0 Å². The van der Waals surface area contributed by atoms with Crippen molar-refractivity contribution in [2.45, 2.75) is 0 Å². The quantitative estimate of drug-likeness (QED) is 0.335. The van der Waals surface area contributed by atoms with E-state index in [1.54, 1.807) is 7.11 Å². The Morgan fingerprint density at radius 3 is 2.15 bits per heavy atom. The van der Waals surface area contributed by atoms with Crippen LogP contribution >= 0.6 is 0 Å². The molecule has 0 aliphatic carbocycles. The largest absolute Gasteiger partial charge is 1.00 e. The third-order valence-electron chi connectivity index (χ3n) is 1.38. The van der Waals surface area contributed by atoms with Gasteiger partial charge in [0.1, 0.15) is 5.75 Å². The lowest BCUT2D eigenvalue weighted by Crippen LogP contribution is -3.00. The summed E-state index contributed by atoms with van der Waals surface area (Å²) in [5.41, 5.74) is 11.3. The van der Waals surface area contributed by atoms with Crippen LogP contribution < -0.4 is 33.6 Å². The van der Waals surface area contributed by atoms with Gasteiger partial charge in [-0.05, 0) is 24.3 Å². The highest BCUT2D eigenvalue weighted by Gasteiger charge is 1.93. The Morgan fingerprint density at radius 2 is 1.77 bits per heavy atom. The zero-order chi connectivity index (χ0) is 8.97. The fourth-order valence-corrected chi connectivity index (χ4v) is 0.841. The topological polar surface area (TPSA) is 75.2 Å². The minimum atomic E-state index is 0. The summed E-state index contributed by atoms with van der Waals surface area (Å²) < 4.78 is 4.98. The lowest BCUT2D eigenvalue weighted by atomic mass is 10.3. The minimum absolute atomic E-state index is 0. The second kappa shape index (κ2) is 5.27. The Bertz CT molecular complexity index is 280. The van der Waals surface area contributed by atoms with E-state index in [4.69, 9.17) is 16.2 Å². The molecule has 0 unspecified atom stereocenters. The molecule has 0 fully saturated rings. The molecule has 0 saturated carbocycles. The summed E-state index contributed by atoms with van der Waals surface area (Å²) in [6, 6.07) is 7.31. The predicted molar refractivity (Wildman–Crippen MR) is 47.0 cm³/mol. The summed E-state index contributed by atoms with van der Waals surface area (Å²) >= 11 is 0. The minimum Gasteiger partial charge on any atom is -1.00 e. The fourth-order valence-electron chi connectivity index (χ4n) is 0.841. The van der Waals surface area contributed by atoms with Gasteiger partial charge >= 0.3 is 5.96 Å². The number of hydrogen-bond donors (Lipinski definition) is 3. The van der Waals surface area contributed by atoms with Gasteiger partial charge in [0.05, 0.1) is 12.8 Å². The van der Waals surface area contributed by atoms with Gasteiger partial charge in [-0.25, -0.2) is 4.99 Å². The summed E-state index contributed by atoms with van der Waals surface area (Å²) in [6.45, 7) is 0.